The second-order valence-electron chi connectivity index (χ2n) is 5.63. The van der Waals surface area contributed by atoms with Crippen LogP contribution in [-0.2, 0) is 21.4 Å². The molecule has 146 valence electrons. The van der Waals surface area contributed by atoms with Gasteiger partial charge in [0.15, 0.2) is 11.6 Å². The molecule has 0 aliphatic rings. The van der Waals surface area contributed by atoms with Crippen LogP contribution in [0.1, 0.15) is 12.5 Å². The minimum atomic E-state index is -4.21. The third-order valence-corrected chi connectivity index (χ3v) is 5.84. The highest BCUT2D eigenvalue weighted by Gasteiger charge is 2.33. The molecule has 0 radical (unpaired) electrons. The molecule has 2 aromatic rings. The molecular weight excluding hydrogens is 382 g/mol. The largest absolute Gasteiger partial charge is 0.497 e. The first kappa shape index (κ1) is 20.7. The Balaban J connectivity index is 2.46. The van der Waals surface area contributed by atoms with Crippen LogP contribution in [0, 0.1) is 11.6 Å². The minimum Gasteiger partial charge on any atom is -0.497 e. The molecule has 0 spiro atoms. The highest BCUT2D eigenvalue weighted by atomic mass is 32.2. The van der Waals surface area contributed by atoms with Gasteiger partial charge in [0.25, 0.3) is 5.91 Å². The van der Waals surface area contributed by atoms with Gasteiger partial charge in [0, 0.05) is 6.54 Å². The number of hydroxylamine groups is 1. The van der Waals surface area contributed by atoms with Gasteiger partial charge in [-0.2, -0.15) is 4.31 Å². The molecule has 2 rings (SSSR count). The standard InChI is InChI=1S/C17H18F2N2O5S/c1-11(17(22)20-23)21(10-12-3-8-15(18)16(19)9-12)27(24,25)14-6-4-13(26-2)5-7-14/h3-9,11,23H,10H2,1-2H3,(H,20,22)/t11-/m1/s1. The molecule has 2 aromatic carbocycles. The number of carbonyl (C=O) groups excluding carboxylic acids is 1. The number of nitrogens with zero attached hydrogens (tertiary/aromatic N) is 1. The van der Waals surface area contributed by atoms with Gasteiger partial charge in [-0.05, 0) is 48.9 Å². The molecule has 0 saturated heterocycles. The fourth-order valence-corrected chi connectivity index (χ4v) is 3.94. The number of amides is 1. The summed E-state index contributed by atoms with van der Waals surface area (Å²) < 4.78 is 58.4. The number of halogens is 2. The molecule has 0 aliphatic carbocycles. The van der Waals surface area contributed by atoms with Crippen LogP contribution in [0.15, 0.2) is 47.4 Å². The van der Waals surface area contributed by atoms with Crippen molar-refractivity contribution in [3.8, 4) is 5.75 Å². The van der Waals surface area contributed by atoms with E-state index in [2.05, 4.69) is 0 Å². The first-order valence-electron chi connectivity index (χ1n) is 7.74. The first-order chi connectivity index (χ1) is 12.7. The van der Waals surface area contributed by atoms with Gasteiger partial charge >= 0.3 is 0 Å². The Morgan fingerprint density at radius 2 is 1.81 bits per heavy atom. The summed E-state index contributed by atoms with van der Waals surface area (Å²) in [5.74, 6) is -2.77. The van der Waals surface area contributed by atoms with Crippen molar-refractivity contribution in [2.75, 3.05) is 7.11 Å². The summed E-state index contributed by atoms with van der Waals surface area (Å²) in [5, 5.41) is 8.86. The third-order valence-electron chi connectivity index (χ3n) is 3.91. The zero-order chi connectivity index (χ0) is 20.2. The SMILES string of the molecule is COc1ccc(S(=O)(=O)N(Cc2ccc(F)c(F)c2)[C@H](C)C(=O)NO)cc1. The zero-order valence-corrected chi connectivity index (χ0v) is 15.3. The maximum atomic E-state index is 13.5. The summed E-state index contributed by atoms with van der Waals surface area (Å²) in [4.78, 5) is 11.7. The van der Waals surface area contributed by atoms with E-state index < -0.39 is 40.2 Å². The van der Waals surface area contributed by atoms with Gasteiger partial charge < -0.3 is 4.74 Å². The van der Waals surface area contributed by atoms with Crippen LogP contribution in [0.2, 0.25) is 0 Å². The van der Waals surface area contributed by atoms with E-state index in [0.717, 1.165) is 16.4 Å². The molecular formula is C17H18F2N2O5S. The Morgan fingerprint density at radius 3 is 2.33 bits per heavy atom. The Kier molecular flexibility index (Phi) is 6.47. The minimum absolute atomic E-state index is 0.128. The van der Waals surface area contributed by atoms with Crippen molar-refractivity contribution in [3.05, 3.63) is 59.7 Å². The van der Waals surface area contributed by atoms with E-state index in [1.54, 1.807) is 0 Å². The lowest BCUT2D eigenvalue weighted by Crippen LogP contribution is -2.46. The predicted octanol–water partition coefficient (Wildman–Crippen LogP) is 2.06. The lowest BCUT2D eigenvalue weighted by Gasteiger charge is -2.27. The van der Waals surface area contributed by atoms with Gasteiger partial charge in [-0.3, -0.25) is 10.0 Å². The molecule has 1 amide bonds. The third kappa shape index (κ3) is 4.59. The second kappa shape index (κ2) is 8.42. The quantitative estimate of drug-likeness (QED) is 0.548. The van der Waals surface area contributed by atoms with Crippen LogP contribution < -0.4 is 10.2 Å². The van der Waals surface area contributed by atoms with E-state index in [4.69, 9.17) is 9.94 Å². The molecule has 0 bridgehead atoms. The Hall–Kier alpha value is -2.56. The van der Waals surface area contributed by atoms with Crippen LogP contribution in [0.25, 0.3) is 0 Å². The maximum absolute atomic E-state index is 13.5. The summed E-state index contributed by atoms with van der Waals surface area (Å²) in [6.45, 7) is 0.840. The van der Waals surface area contributed by atoms with Crippen LogP contribution in [0.4, 0.5) is 8.78 Å². The molecule has 2 N–H and O–H groups in total. The molecule has 10 heteroatoms. The maximum Gasteiger partial charge on any atom is 0.261 e. The van der Waals surface area contributed by atoms with Crippen molar-refractivity contribution in [2.24, 2.45) is 0 Å². The Labute approximate surface area is 155 Å². The summed E-state index contributed by atoms with van der Waals surface area (Å²) in [7, 11) is -2.79. The predicted molar refractivity (Wildman–Crippen MR) is 91.5 cm³/mol. The number of nitrogens with one attached hydrogen (secondary N) is 1. The van der Waals surface area contributed by atoms with Crippen molar-refractivity contribution in [3.63, 3.8) is 0 Å². The van der Waals surface area contributed by atoms with Gasteiger partial charge in [-0.15, -0.1) is 0 Å². The van der Waals surface area contributed by atoms with Crippen LogP contribution in [-0.4, -0.2) is 37.0 Å². The summed E-state index contributed by atoms with van der Waals surface area (Å²) in [6.07, 6.45) is 0. The molecule has 0 heterocycles. The number of carbonyl (C=O) groups is 1. The molecule has 0 aromatic heterocycles. The number of rotatable bonds is 7. The summed E-state index contributed by atoms with van der Waals surface area (Å²) >= 11 is 0. The van der Waals surface area contributed by atoms with Crippen LogP contribution in [0.3, 0.4) is 0 Å². The first-order valence-corrected chi connectivity index (χ1v) is 9.18. The molecule has 7 nitrogen and oxygen atoms in total. The Bertz CT molecular complexity index is 919. The number of methoxy groups -OCH3 is 1. The average Bonchev–Trinajstić information content (AvgIpc) is 2.67. The van der Waals surface area contributed by atoms with E-state index in [0.29, 0.717) is 5.75 Å². The molecule has 0 saturated carbocycles. The smallest absolute Gasteiger partial charge is 0.261 e. The topological polar surface area (TPSA) is 95.9 Å². The number of hydrogen-bond acceptors (Lipinski definition) is 5. The average molecular weight is 400 g/mol. The summed E-state index contributed by atoms with van der Waals surface area (Å²) in [6, 6.07) is 7.02. The molecule has 27 heavy (non-hydrogen) atoms. The van der Waals surface area contributed by atoms with Gasteiger partial charge in [0.05, 0.1) is 12.0 Å². The van der Waals surface area contributed by atoms with E-state index >= 15 is 0 Å². The molecule has 1 atom stereocenters. The summed E-state index contributed by atoms with van der Waals surface area (Å²) in [5.41, 5.74) is 1.52. The Morgan fingerprint density at radius 1 is 1.19 bits per heavy atom. The number of hydrogen-bond donors (Lipinski definition) is 2. The van der Waals surface area contributed by atoms with E-state index in [9.17, 15) is 22.0 Å². The number of ether oxygens (including phenoxy) is 1. The van der Waals surface area contributed by atoms with Gasteiger partial charge in [0.2, 0.25) is 10.0 Å². The van der Waals surface area contributed by atoms with E-state index in [-0.39, 0.29) is 10.5 Å². The molecule has 0 unspecified atom stereocenters. The fourth-order valence-electron chi connectivity index (χ4n) is 2.36. The van der Waals surface area contributed by atoms with Crippen molar-refractivity contribution >= 4 is 15.9 Å². The van der Waals surface area contributed by atoms with Crippen molar-refractivity contribution < 1.29 is 31.9 Å². The van der Waals surface area contributed by atoms with Gasteiger partial charge in [-0.25, -0.2) is 22.7 Å². The molecule has 0 aliphatic heterocycles. The van der Waals surface area contributed by atoms with Crippen LogP contribution >= 0.6 is 0 Å². The van der Waals surface area contributed by atoms with Crippen molar-refractivity contribution in [1.82, 2.24) is 9.79 Å². The monoisotopic (exact) mass is 400 g/mol. The van der Waals surface area contributed by atoms with Crippen LogP contribution in [0.5, 0.6) is 5.75 Å². The highest BCUT2D eigenvalue weighted by molar-refractivity contribution is 7.89. The zero-order valence-electron chi connectivity index (χ0n) is 14.5. The fraction of sp³-hybridized carbons (Fsp3) is 0.235. The lowest BCUT2D eigenvalue weighted by atomic mass is 10.2. The van der Waals surface area contributed by atoms with Crippen molar-refractivity contribution in [2.45, 2.75) is 24.4 Å². The molecule has 0 fully saturated rings. The highest BCUT2D eigenvalue weighted by Crippen LogP contribution is 2.24. The lowest BCUT2D eigenvalue weighted by molar-refractivity contribution is -0.132. The van der Waals surface area contributed by atoms with Gasteiger partial charge in [-0.1, -0.05) is 6.07 Å². The van der Waals surface area contributed by atoms with E-state index in [1.165, 1.54) is 49.8 Å². The normalized spacial score (nSPS) is 12.7. The number of sulfonamides is 1. The van der Waals surface area contributed by atoms with Crippen molar-refractivity contribution in [1.29, 1.82) is 0 Å². The van der Waals surface area contributed by atoms with Gasteiger partial charge in [0.1, 0.15) is 11.8 Å². The second-order valence-corrected chi connectivity index (χ2v) is 7.52. The van der Waals surface area contributed by atoms with E-state index in [1.807, 2.05) is 0 Å². The number of benzene rings is 2.